The van der Waals surface area contributed by atoms with Crippen LogP contribution in [0.4, 0.5) is 17.6 Å². The first-order valence-electron chi connectivity index (χ1n) is 3.44. The number of carboxylic acid groups (broad SMARTS) is 1. The molecule has 0 bridgehead atoms. The summed E-state index contributed by atoms with van der Waals surface area (Å²) in [6.45, 7) is 0. The van der Waals surface area contributed by atoms with E-state index in [1.54, 1.807) is 0 Å². The van der Waals surface area contributed by atoms with E-state index in [0.717, 1.165) is 0 Å². The van der Waals surface area contributed by atoms with Gasteiger partial charge in [0.2, 0.25) is 0 Å². The Hall–Kier alpha value is -1.86. The predicted molar refractivity (Wildman–Crippen MR) is 37.8 cm³/mol. The summed E-state index contributed by atoms with van der Waals surface area (Å²) in [4.78, 5) is 13.5. The number of rotatable bonds is 2. The van der Waals surface area contributed by atoms with Gasteiger partial charge in [-0.25, -0.2) is 9.18 Å². The quantitative estimate of drug-likeness (QED) is 0.780. The highest BCUT2D eigenvalue weighted by Gasteiger charge is 2.34. The molecule has 0 radical (unpaired) electrons. The highest BCUT2D eigenvalue weighted by molar-refractivity contribution is 5.90. The molecule has 0 aliphatic carbocycles. The van der Waals surface area contributed by atoms with E-state index in [1.807, 2.05) is 0 Å². The highest BCUT2D eigenvalue weighted by Crippen LogP contribution is 2.28. The van der Waals surface area contributed by atoms with E-state index in [9.17, 15) is 22.4 Å². The Balaban J connectivity index is 3.19. The molecule has 82 valence electrons. The van der Waals surface area contributed by atoms with Crippen molar-refractivity contribution in [2.75, 3.05) is 0 Å². The third-order valence-corrected chi connectivity index (χ3v) is 1.30. The lowest BCUT2D eigenvalue weighted by Gasteiger charge is -2.11. The van der Waals surface area contributed by atoms with E-state index in [2.05, 4.69) is 9.72 Å². The first-order chi connectivity index (χ1) is 6.81. The molecule has 1 rings (SSSR count). The van der Waals surface area contributed by atoms with Gasteiger partial charge in [-0.3, -0.25) is 4.98 Å². The van der Waals surface area contributed by atoms with Crippen LogP contribution >= 0.6 is 0 Å². The van der Waals surface area contributed by atoms with E-state index >= 15 is 0 Å². The molecule has 1 aromatic rings. The molecule has 8 heteroatoms. The Morgan fingerprint density at radius 1 is 1.40 bits per heavy atom. The largest absolute Gasteiger partial charge is 0.573 e. The maximum atomic E-state index is 12.8. The Bertz CT molecular complexity index is 390. The number of aromatic nitrogens is 1. The summed E-state index contributed by atoms with van der Waals surface area (Å²) in [7, 11) is 0. The standard InChI is InChI=1S/C7H3F4NO3/c8-4-2-12-1-3(6(13)14)5(4)15-7(9,10)11/h1-2H,(H,13,14). The molecule has 0 aromatic carbocycles. The highest BCUT2D eigenvalue weighted by atomic mass is 19.4. The molecule has 0 atom stereocenters. The summed E-state index contributed by atoms with van der Waals surface area (Å²) in [5.41, 5.74) is -0.993. The average molecular weight is 225 g/mol. The van der Waals surface area contributed by atoms with Crippen molar-refractivity contribution < 1.29 is 32.2 Å². The molecule has 4 nitrogen and oxygen atoms in total. The number of pyridine rings is 1. The van der Waals surface area contributed by atoms with Gasteiger partial charge in [0.05, 0.1) is 6.20 Å². The second kappa shape index (κ2) is 3.71. The van der Waals surface area contributed by atoms with Crippen molar-refractivity contribution in [1.82, 2.24) is 4.98 Å². The molecular formula is C7H3F4NO3. The predicted octanol–water partition coefficient (Wildman–Crippen LogP) is 1.82. The molecule has 0 fully saturated rings. The molecule has 0 amide bonds. The van der Waals surface area contributed by atoms with Gasteiger partial charge in [0, 0.05) is 6.20 Å². The van der Waals surface area contributed by atoms with Crippen LogP contribution in [-0.4, -0.2) is 22.4 Å². The molecule has 15 heavy (non-hydrogen) atoms. The van der Waals surface area contributed by atoms with Crippen molar-refractivity contribution in [3.63, 3.8) is 0 Å². The van der Waals surface area contributed by atoms with Gasteiger partial charge in [-0.05, 0) is 0 Å². The van der Waals surface area contributed by atoms with E-state index in [1.165, 1.54) is 0 Å². The van der Waals surface area contributed by atoms with Crippen molar-refractivity contribution in [2.45, 2.75) is 6.36 Å². The average Bonchev–Trinajstić information content (AvgIpc) is 2.05. The molecule has 1 heterocycles. The van der Waals surface area contributed by atoms with E-state index in [-0.39, 0.29) is 0 Å². The molecule has 1 N–H and O–H groups in total. The zero-order valence-corrected chi connectivity index (χ0v) is 6.88. The van der Waals surface area contributed by atoms with Crippen LogP contribution in [-0.2, 0) is 0 Å². The maximum absolute atomic E-state index is 12.8. The van der Waals surface area contributed by atoms with Crippen LogP contribution in [0.25, 0.3) is 0 Å². The van der Waals surface area contributed by atoms with Crippen molar-refractivity contribution >= 4 is 5.97 Å². The van der Waals surface area contributed by atoms with Crippen LogP contribution in [0.15, 0.2) is 12.4 Å². The molecule has 0 aliphatic rings. The fourth-order valence-corrected chi connectivity index (χ4v) is 0.795. The SMILES string of the molecule is O=C(O)c1cncc(F)c1OC(F)(F)F. The van der Waals surface area contributed by atoms with Crippen molar-refractivity contribution in [3.05, 3.63) is 23.8 Å². The summed E-state index contributed by atoms with van der Waals surface area (Å²) >= 11 is 0. The fourth-order valence-electron chi connectivity index (χ4n) is 0.795. The third kappa shape index (κ3) is 2.79. The topological polar surface area (TPSA) is 59.4 Å². The van der Waals surface area contributed by atoms with Gasteiger partial charge in [0.15, 0.2) is 11.6 Å². The summed E-state index contributed by atoms with van der Waals surface area (Å²) in [5.74, 6) is -4.65. The van der Waals surface area contributed by atoms with Gasteiger partial charge in [-0.2, -0.15) is 0 Å². The molecule has 0 saturated carbocycles. The zero-order valence-electron chi connectivity index (χ0n) is 6.88. The number of hydrogen-bond acceptors (Lipinski definition) is 3. The minimum atomic E-state index is -5.16. The number of hydrogen-bond donors (Lipinski definition) is 1. The van der Waals surface area contributed by atoms with Crippen LogP contribution in [0.2, 0.25) is 0 Å². The first kappa shape index (κ1) is 11.2. The fraction of sp³-hybridized carbons (Fsp3) is 0.143. The number of carboxylic acids is 1. The van der Waals surface area contributed by atoms with Crippen molar-refractivity contribution in [2.24, 2.45) is 0 Å². The van der Waals surface area contributed by atoms with Gasteiger partial charge in [-0.15, -0.1) is 13.2 Å². The summed E-state index contributed by atoms with van der Waals surface area (Å²) < 4.78 is 51.3. The molecule has 0 aliphatic heterocycles. The van der Waals surface area contributed by atoms with Gasteiger partial charge in [0.25, 0.3) is 0 Å². The number of ether oxygens (including phenoxy) is 1. The van der Waals surface area contributed by atoms with Crippen LogP contribution in [0.5, 0.6) is 5.75 Å². The lowest BCUT2D eigenvalue weighted by Crippen LogP contribution is -2.20. The molecular weight excluding hydrogens is 222 g/mol. The Labute approximate surface area is 80.1 Å². The van der Waals surface area contributed by atoms with E-state index < -0.39 is 29.5 Å². The molecule has 1 aromatic heterocycles. The summed E-state index contributed by atoms with van der Waals surface area (Å²) in [6, 6.07) is 0. The number of aromatic carboxylic acids is 1. The monoisotopic (exact) mass is 225 g/mol. The Morgan fingerprint density at radius 2 is 2.00 bits per heavy atom. The Kier molecular flexibility index (Phi) is 2.78. The maximum Gasteiger partial charge on any atom is 0.573 e. The number of carbonyl (C=O) groups is 1. The normalized spacial score (nSPS) is 11.2. The molecule has 0 saturated heterocycles. The first-order valence-corrected chi connectivity index (χ1v) is 3.44. The smallest absolute Gasteiger partial charge is 0.477 e. The van der Waals surface area contributed by atoms with Crippen molar-refractivity contribution in [3.8, 4) is 5.75 Å². The number of halogens is 4. The summed E-state index contributed by atoms with van der Waals surface area (Å²) in [6.07, 6.45) is -4.17. The second-order valence-electron chi connectivity index (χ2n) is 2.35. The van der Waals surface area contributed by atoms with Crippen LogP contribution in [0.3, 0.4) is 0 Å². The number of nitrogens with zero attached hydrogens (tertiary/aromatic N) is 1. The van der Waals surface area contributed by atoms with Gasteiger partial charge < -0.3 is 9.84 Å². The van der Waals surface area contributed by atoms with Crippen LogP contribution in [0, 0.1) is 5.82 Å². The lowest BCUT2D eigenvalue weighted by atomic mass is 10.2. The van der Waals surface area contributed by atoms with Gasteiger partial charge in [-0.1, -0.05) is 0 Å². The Morgan fingerprint density at radius 3 is 2.47 bits per heavy atom. The number of alkyl halides is 3. The second-order valence-corrected chi connectivity index (χ2v) is 2.35. The summed E-state index contributed by atoms with van der Waals surface area (Å²) in [5, 5.41) is 8.43. The van der Waals surface area contributed by atoms with E-state index in [0.29, 0.717) is 12.4 Å². The molecule has 0 unspecified atom stereocenters. The third-order valence-electron chi connectivity index (χ3n) is 1.30. The van der Waals surface area contributed by atoms with Gasteiger partial charge >= 0.3 is 12.3 Å². The van der Waals surface area contributed by atoms with Crippen LogP contribution < -0.4 is 4.74 Å². The zero-order chi connectivity index (χ0) is 11.6. The lowest BCUT2D eigenvalue weighted by molar-refractivity contribution is -0.275. The minimum Gasteiger partial charge on any atom is -0.477 e. The van der Waals surface area contributed by atoms with Crippen LogP contribution in [0.1, 0.15) is 10.4 Å². The molecule has 0 spiro atoms. The van der Waals surface area contributed by atoms with Crippen molar-refractivity contribution in [1.29, 1.82) is 0 Å². The minimum absolute atomic E-state index is 0.424. The van der Waals surface area contributed by atoms with Gasteiger partial charge in [0.1, 0.15) is 5.56 Å². The van der Waals surface area contributed by atoms with E-state index in [4.69, 9.17) is 5.11 Å².